The summed E-state index contributed by atoms with van der Waals surface area (Å²) in [7, 11) is 0. The molecule has 0 fully saturated rings. The maximum Gasteiger partial charge on any atom is 0.262 e. The molecule has 3 rings (SSSR count). The maximum absolute atomic E-state index is 12.2. The minimum Gasteiger partial charge on any atom is -0.289 e. The Morgan fingerprint density at radius 3 is 2.95 bits per heavy atom. The highest BCUT2D eigenvalue weighted by molar-refractivity contribution is 7.16. The van der Waals surface area contributed by atoms with Crippen LogP contribution in [0.2, 0.25) is 0 Å². The van der Waals surface area contributed by atoms with Gasteiger partial charge in [0.2, 0.25) is 0 Å². The van der Waals surface area contributed by atoms with Crippen LogP contribution in [0.3, 0.4) is 0 Å². The first kappa shape index (κ1) is 13.4. The summed E-state index contributed by atoms with van der Waals surface area (Å²) in [6.45, 7) is 3.46. The molecule has 1 amide bonds. The molecule has 0 aliphatic heterocycles. The number of hydrogen-bond donors (Lipinski definition) is 1. The predicted octanol–water partition coefficient (Wildman–Crippen LogP) is 0.437. The Hall–Kier alpha value is -2.55. The highest BCUT2D eigenvalue weighted by atomic mass is 32.1. The number of carbonyl (C=O) groups excluding carboxylic acids is 1. The van der Waals surface area contributed by atoms with Crippen molar-refractivity contribution in [2.75, 3.05) is 5.43 Å². The second-order valence-corrected chi connectivity index (χ2v) is 5.42. The lowest BCUT2D eigenvalue weighted by molar-refractivity contribution is -0.117. The van der Waals surface area contributed by atoms with Crippen molar-refractivity contribution >= 4 is 27.5 Å². The van der Waals surface area contributed by atoms with Gasteiger partial charge >= 0.3 is 0 Å². The van der Waals surface area contributed by atoms with Crippen LogP contribution in [0.4, 0.5) is 0 Å². The van der Waals surface area contributed by atoms with E-state index in [1.54, 1.807) is 25.3 Å². The quantitative estimate of drug-likeness (QED) is 0.757. The van der Waals surface area contributed by atoms with E-state index in [0.717, 1.165) is 11.4 Å². The van der Waals surface area contributed by atoms with E-state index < -0.39 is 0 Å². The van der Waals surface area contributed by atoms with Crippen molar-refractivity contribution in [3.8, 4) is 0 Å². The topological polar surface area (TPSA) is 94.7 Å². The summed E-state index contributed by atoms with van der Waals surface area (Å²) in [6, 6.07) is 1.70. The van der Waals surface area contributed by atoms with Gasteiger partial charge in [0.05, 0.1) is 23.1 Å². The number of aromatic nitrogens is 5. The van der Waals surface area contributed by atoms with E-state index in [1.165, 1.54) is 27.0 Å². The first-order valence-corrected chi connectivity index (χ1v) is 7.05. The molecule has 21 heavy (non-hydrogen) atoms. The molecule has 3 aromatic heterocycles. The van der Waals surface area contributed by atoms with Crippen LogP contribution in [0.5, 0.6) is 0 Å². The number of aryl methyl sites for hydroxylation is 1. The van der Waals surface area contributed by atoms with Gasteiger partial charge in [-0.15, -0.1) is 16.4 Å². The number of nitrogens with one attached hydrogen (secondary N) is 1. The third-order valence-electron chi connectivity index (χ3n) is 3.12. The van der Waals surface area contributed by atoms with Gasteiger partial charge in [-0.1, -0.05) is 0 Å². The Kier molecular flexibility index (Phi) is 3.26. The minimum absolute atomic E-state index is 0.129. The zero-order chi connectivity index (χ0) is 15.0. The molecule has 0 aliphatic carbocycles. The largest absolute Gasteiger partial charge is 0.289 e. The molecule has 0 saturated carbocycles. The van der Waals surface area contributed by atoms with Gasteiger partial charge in [-0.3, -0.25) is 14.2 Å². The van der Waals surface area contributed by atoms with E-state index in [1.807, 2.05) is 0 Å². The second-order valence-electron chi connectivity index (χ2n) is 4.52. The van der Waals surface area contributed by atoms with E-state index in [-0.39, 0.29) is 18.0 Å². The van der Waals surface area contributed by atoms with Crippen molar-refractivity contribution in [1.82, 2.24) is 24.7 Å². The van der Waals surface area contributed by atoms with E-state index in [9.17, 15) is 9.59 Å². The average molecular weight is 304 g/mol. The van der Waals surface area contributed by atoms with E-state index in [0.29, 0.717) is 10.2 Å². The van der Waals surface area contributed by atoms with Crippen LogP contribution in [-0.4, -0.2) is 30.6 Å². The lowest BCUT2D eigenvalue weighted by Gasteiger charge is -2.07. The average Bonchev–Trinajstić information content (AvgIpc) is 3.04. The van der Waals surface area contributed by atoms with Crippen LogP contribution in [0.1, 0.15) is 11.4 Å². The lowest BCUT2D eigenvalue weighted by atomic mass is 10.4. The second kappa shape index (κ2) is 5.09. The number of nitrogens with zero attached hydrogens (tertiary/aromatic N) is 5. The molecule has 8 nitrogen and oxygen atoms in total. The maximum atomic E-state index is 12.2. The summed E-state index contributed by atoms with van der Waals surface area (Å²) in [5, 5.41) is 9.95. The van der Waals surface area contributed by atoms with Crippen LogP contribution in [-0.2, 0) is 11.3 Å². The first-order valence-electron chi connectivity index (χ1n) is 6.17. The van der Waals surface area contributed by atoms with Gasteiger partial charge in [0.25, 0.3) is 11.5 Å². The van der Waals surface area contributed by atoms with Crippen molar-refractivity contribution < 1.29 is 4.79 Å². The zero-order valence-corrected chi connectivity index (χ0v) is 12.2. The van der Waals surface area contributed by atoms with Crippen molar-refractivity contribution in [2.24, 2.45) is 0 Å². The Morgan fingerprint density at radius 1 is 1.43 bits per heavy atom. The van der Waals surface area contributed by atoms with Crippen LogP contribution in [0.15, 0.2) is 22.6 Å². The molecule has 0 saturated heterocycles. The highest BCUT2D eigenvalue weighted by Gasteiger charge is 2.11. The van der Waals surface area contributed by atoms with Crippen LogP contribution in [0.25, 0.3) is 10.2 Å². The molecule has 3 aromatic rings. The van der Waals surface area contributed by atoms with E-state index >= 15 is 0 Å². The molecule has 0 radical (unpaired) electrons. The van der Waals surface area contributed by atoms with Gasteiger partial charge in [-0.05, 0) is 30.5 Å². The van der Waals surface area contributed by atoms with Crippen molar-refractivity contribution in [3.63, 3.8) is 0 Å². The summed E-state index contributed by atoms with van der Waals surface area (Å²) in [5.74, 6) is -0.374. The molecule has 0 aromatic carbocycles. The van der Waals surface area contributed by atoms with Crippen LogP contribution >= 0.6 is 11.3 Å². The van der Waals surface area contributed by atoms with Gasteiger partial charge in [0.1, 0.15) is 11.4 Å². The molecule has 0 unspecified atom stereocenters. The summed E-state index contributed by atoms with van der Waals surface area (Å²) in [6.07, 6.45) is 1.38. The number of thiophene rings is 1. The fourth-order valence-electron chi connectivity index (χ4n) is 1.82. The first-order chi connectivity index (χ1) is 10.1. The highest BCUT2D eigenvalue weighted by Crippen LogP contribution is 2.13. The number of carbonyl (C=O) groups is 1. The molecule has 1 N–H and O–H groups in total. The third-order valence-corrected chi connectivity index (χ3v) is 3.94. The van der Waals surface area contributed by atoms with Crippen LogP contribution in [0, 0.1) is 13.8 Å². The Labute approximate surface area is 123 Å². The van der Waals surface area contributed by atoms with Crippen LogP contribution < -0.4 is 11.0 Å². The molecule has 0 atom stereocenters. The summed E-state index contributed by atoms with van der Waals surface area (Å²) >= 11 is 1.39. The standard InChI is InChI=1S/C12H12N6O2S/c1-7-8(2)18(16-14-7)15-10(19)5-17-6-13-11-9(12(17)20)3-4-21-11/h3-4,6H,5H2,1-2H3,(H,15,19). The third kappa shape index (κ3) is 2.42. The van der Waals surface area contributed by atoms with Crippen molar-refractivity contribution in [1.29, 1.82) is 0 Å². The summed E-state index contributed by atoms with van der Waals surface area (Å²) in [5.41, 5.74) is 3.80. The predicted molar refractivity (Wildman–Crippen MR) is 77.7 cm³/mol. The monoisotopic (exact) mass is 304 g/mol. The number of rotatable bonds is 3. The minimum atomic E-state index is -0.374. The summed E-state index contributed by atoms with van der Waals surface area (Å²) < 4.78 is 1.27. The molecular weight excluding hydrogens is 292 g/mol. The number of amides is 1. The number of fused-ring (bicyclic) bond motifs is 1. The molecule has 0 spiro atoms. The molecule has 0 bridgehead atoms. The summed E-state index contributed by atoms with van der Waals surface area (Å²) in [4.78, 5) is 30.3. The molecule has 0 aliphatic rings. The smallest absolute Gasteiger partial charge is 0.262 e. The molecule has 9 heteroatoms. The van der Waals surface area contributed by atoms with Crippen molar-refractivity contribution in [3.05, 3.63) is 39.5 Å². The molecule has 108 valence electrons. The van der Waals surface area contributed by atoms with Gasteiger partial charge in [0.15, 0.2) is 0 Å². The Bertz CT molecular complexity index is 877. The van der Waals surface area contributed by atoms with Gasteiger partial charge in [-0.2, -0.15) is 4.79 Å². The number of hydrogen-bond acceptors (Lipinski definition) is 6. The van der Waals surface area contributed by atoms with Crippen molar-refractivity contribution in [2.45, 2.75) is 20.4 Å². The Morgan fingerprint density at radius 2 is 2.24 bits per heavy atom. The molecular formula is C12H12N6O2S. The SMILES string of the molecule is Cc1nnn(NC(=O)Cn2cnc3sccc3c2=O)c1C. The lowest BCUT2D eigenvalue weighted by Crippen LogP contribution is -2.32. The molecule has 3 heterocycles. The fourth-order valence-corrected chi connectivity index (χ4v) is 2.55. The Balaban J connectivity index is 1.82. The fraction of sp³-hybridized carbons (Fsp3) is 0.250. The van der Waals surface area contributed by atoms with E-state index in [4.69, 9.17) is 0 Å². The van der Waals surface area contributed by atoms with Gasteiger partial charge in [-0.25, -0.2) is 10.4 Å². The normalized spacial score (nSPS) is 11.0. The zero-order valence-electron chi connectivity index (χ0n) is 11.4. The van der Waals surface area contributed by atoms with E-state index in [2.05, 4.69) is 20.7 Å². The van der Waals surface area contributed by atoms with Gasteiger partial charge < -0.3 is 0 Å². The van der Waals surface area contributed by atoms with Gasteiger partial charge in [0, 0.05) is 0 Å².